The minimum atomic E-state index is -3.26. The average molecular weight is 256 g/mol. The molecule has 0 saturated heterocycles. The second kappa shape index (κ2) is 5.51. The lowest BCUT2D eigenvalue weighted by molar-refractivity contribution is 0.592. The van der Waals surface area contributed by atoms with Crippen LogP contribution in [0.1, 0.15) is 18.1 Å². The van der Waals surface area contributed by atoms with Crippen LogP contribution in [0.15, 0.2) is 18.2 Å². The fourth-order valence-corrected chi connectivity index (χ4v) is 2.97. The van der Waals surface area contributed by atoms with Crippen molar-refractivity contribution in [1.29, 1.82) is 0 Å². The molecule has 0 aromatic heterocycles. The van der Waals surface area contributed by atoms with Gasteiger partial charge in [0.05, 0.1) is 11.4 Å². The van der Waals surface area contributed by atoms with Crippen LogP contribution >= 0.6 is 0 Å². The molecule has 1 rings (SSSR count). The molecule has 4 nitrogen and oxygen atoms in total. The smallest absolute Gasteiger partial charge is 0.234 e. The molecule has 0 radical (unpaired) electrons. The Kier molecular flexibility index (Phi) is 4.54. The van der Waals surface area contributed by atoms with Crippen molar-refractivity contribution in [2.75, 3.05) is 23.1 Å². The van der Waals surface area contributed by atoms with Crippen molar-refractivity contribution in [3.05, 3.63) is 29.3 Å². The third-order valence-corrected chi connectivity index (χ3v) is 4.43. The Morgan fingerprint density at radius 1 is 1.29 bits per heavy atom. The van der Waals surface area contributed by atoms with Gasteiger partial charge in [0.25, 0.3) is 0 Å². The van der Waals surface area contributed by atoms with E-state index in [1.54, 1.807) is 6.92 Å². The summed E-state index contributed by atoms with van der Waals surface area (Å²) in [6.07, 6.45) is 0. The molecular formula is C12H20N2O2S. The van der Waals surface area contributed by atoms with Crippen LogP contribution in [0.4, 0.5) is 5.69 Å². The molecule has 17 heavy (non-hydrogen) atoms. The van der Waals surface area contributed by atoms with E-state index >= 15 is 0 Å². The number of anilines is 1. The van der Waals surface area contributed by atoms with E-state index in [4.69, 9.17) is 5.73 Å². The minimum Gasteiger partial charge on any atom is -0.329 e. The normalized spacial score (nSPS) is 11.5. The predicted octanol–water partition coefficient (Wildman–Crippen LogP) is 1.42. The highest BCUT2D eigenvalue weighted by Crippen LogP contribution is 2.23. The monoisotopic (exact) mass is 256 g/mol. The molecule has 1 aromatic rings. The fourth-order valence-electron chi connectivity index (χ4n) is 1.77. The van der Waals surface area contributed by atoms with Crippen molar-refractivity contribution in [3.8, 4) is 0 Å². The predicted molar refractivity (Wildman–Crippen MR) is 71.8 cm³/mol. The van der Waals surface area contributed by atoms with Gasteiger partial charge in [0.1, 0.15) is 0 Å². The molecule has 2 N–H and O–H groups in total. The number of hydrogen-bond donors (Lipinski definition) is 1. The van der Waals surface area contributed by atoms with Crippen LogP contribution in [0.25, 0.3) is 0 Å². The summed E-state index contributed by atoms with van der Waals surface area (Å²) in [4.78, 5) is 0. The molecule has 0 aliphatic carbocycles. The summed E-state index contributed by atoms with van der Waals surface area (Å²) >= 11 is 0. The maximum atomic E-state index is 12.0. The van der Waals surface area contributed by atoms with E-state index in [1.165, 1.54) is 4.31 Å². The van der Waals surface area contributed by atoms with Crippen LogP contribution in [-0.4, -0.2) is 27.3 Å². The third-order valence-electron chi connectivity index (χ3n) is 2.65. The maximum absolute atomic E-state index is 12.0. The molecule has 0 aliphatic rings. The van der Waals surface area contributed by atoms with Gasteiger partial charge in [-0.05, 0) is 32.4 Å². The molecular weight excluding hydrogens is 236 g/mol. The van der Waals surface area contributed by atoms with Crippen molar-refractivity contribution in [2.45, 2.75) is 20.8 Å². The maximum Gasteiger partial charge on any atom is 0.234 e. The Balaban J connectivity index is 3.23. The molecule has 0 saturated carbocycles. The molecule has 0 aliphatic heterocycles. The number of hydrogen-bond acceptors (Lipinski definition) is 3. The Labute approximate surface area is 103 Å². The van der Waals surface area contributed by atoms with E-state index in [-0.39, 0.29) is 5.75 Å². The second-order valence-corrected chi connectivity index (χ2v) is 6.23. The quantitative estimate of drug-likeness (QED) is 0.866. The Morgan fingerprint density at radius 3 is 2.41 bits per heavy atom. The van der Waals surface area contributed by atoms with Gasteiger partial charge in [-0.15, -0.1) is 0 Å². The summed E-state index contributed by atoms with van der Waals surface area (Å²) in [7, 11) is -3.26. The van der Waals surface area contributed by atoms with Gasteiger partial charge in [-0.1, -0.05) is 17.7 Å². The highest BCUT2D eigenvalue weighted by molar-refractivity contribution is 7.92. The number of nitrogens with zero attached hydrogens (tertiary/aromatic N) is 1. The van der Waals surface area contributed by atoms with E-state index in [0.717, 1.165) is 16.8 Å². The standard InChI is InChI=1S/C12H20N2O2S/c1-4-17(15,16)14(8-7-13)12-6-5-10(2)9-11(12)3/h5-6,9H,4,7-8,13H2,1-3H3. The van der Waals surface area contributed by atoms with Gasteiger partial charge in [0.15, 0.2) is 0 Å². The summed E-state index contributed by atoms with van der Waals surface area (Å²) in [5, 5.41) is 0. The van der Waals surface area contributed by atoms with Gasteiger partial charge >= 0.3 is 0 Å². The van der Waals surface area contributed by atoms with Crippen molar-refractivity contribution >= 4 is 15.7 Å². The van der Waals surface area contributed by atoms with Crippen molar-refractivity contribution in [1.82, 2.24) is 0 Å². The topological polar surface area (TPSA) is 63.4 Å². The number of benzene rings is 1. The zero-order valence-corrected chi connectivity index (χ0v) is 11.4. The zero-order valence-electron chi connectivity index (χ0n) is 10.6. The minimum absolute atomic E-state index is 0.0836. The highest BCUT2D eigenvalue weighted by Gasteiger charge is 2.20. The van der Waals surface area contributed by atoms with Crippen molar-refractivity contribution < 1.29 is 8.42 Å². The number of aryl methyl sites for hydroxylation is 2. The number of rotatable bonds is 5. The van der Waals surface area contributed by atoms with E-state index < -0.39 is 10.0 Å². The van der Waals surface area contributed by atoms with Crippen LogP contribution in [0.3, 0.4) is 0 Å². The molecule has 0 bridgehead atoms. The SMILES string of the molecule is CCS(=O)(=O)N(CCN)c1ccc(C)cc1C. The Morgan fingerprint density at radius 2 is 1.94 bits per heavy atom. The average Bonchev–Trinajstić information content (AvgIpc) is 2.27. The molecule has 0 unspecified atom stereocenters. The highest BCUT2D eigenvalue weighted by atomic mass is 32.2. The van der Waals surface area contributed by atoms with Gasteiger partial charge in [-0.25, -0.2) is 8.42 Å². The Bertz CT molecular complexity index is 483. The van der Waals surface area contributed by atoms with Crippen molar-refractivity contribution in [3.63, 3.8) is 0 Å². The molecule has 0 amide bonds. The van der Waals surface area contributed by atoms with Gasteiger partial charge in [0, 0.05) is 13.1 Å². The van der Waals surface area contributed by atoms with Crippen LogP contribution < -0.4 is 10.0 Å². The van der Waals surface area contributed by atoms with E-state index in [0.29, 0.717) is 13.1 Å². The molecule has 0 spiro atoms. The van der Waals surface area contributed by atoms with Crippen LogP contribution in [0.5, 0.6) is 0 Å². The first-order valence-electron chi connectivity index (χ1n) is 5.70. The summed E-state index contributed by atoms with van der Waals surface area (Å²) in [6, 6.07) is 5.73. The van der Waals surface area contributed by atoms with Gasteiger partial charge in [-0.3, -0.25) is 4.31 Å². The molecule has 0 fully saturated rings. The van der Waals surface area contributed by atoms with Gasteiger partial charge in [0.2, 0.25) is 10.0 Å². The zero-order chi connectivity index (χ0) is 13.1. The summed E-state index contributed by atoms with van der Waals surface area (Å²) in [5.74, 6) is 0.0836. The first-order valence-corrected chi connectivity index (χ1v) is 7.31. The van der Waals surface area contributed by atoms with Gasteiger partial charge in [-0.2, -0.15) is 0 Å². The fraction of sp³-hybridized carbons (Fsp3) is 0.500. The molecule has 1 aromatic carbocycles. The first kappa shape index (κ1) is 14.0. The summed E-state index contributed by atoms with van der Waals surface area (Å²) in [6.45, 7) is 6.17. The second-order valence-electron chi connectivity index (χ2n) is 4.05. The molecule has 0 atom stereocenters. The number of nitrogens with two attached hydrogens (primary N) is 1. The van der Waals surface area contributed by atoms with Gasteiger partial charge < -0.3 is 5.73 Å². The third kappa shape index (κ3) is 3.20. The van der Waals surface area contributed by atoms with Crippen LogP contribution in [-0.2, 0) is 10.0 Å². The number of sulfonamides is 1. The largest absolute Gasteiger partial charge is 0.329 e. The molecule has 0 heterocycles. The Hall–Kier alpha value is -1.07. The van der Waals surface area contributed by atoms with E-state index in [1.807, 2.05) is 32.0 Å². The molecule has 96 valence electrons. The first-order chi connectivity index (χ1) is 7.92. The summed E-state index contributed by atoms with van der Waals surface area (Å²) < 4.78 is 25.4. The molecule has 5 heteroatoms. The lowest BCUT2D eigenvalue weighted by Gasteiger charge is -2.25. The van der Waals surface area contributed by atoms with Crippen molar-refractivity contribution in [2.24, 2.45) is 5.73 Å². The lowest BCUT2D eigenvalue weighted by Crippen LogP contribution is -2.36. The summed E-state index contributed by atoms with van der Waals surface area (Å²) in [5.41, 5.74) is 8.29. The lowest BCUT2D eigenvalue weighted by atomic mass is 10.1. The van der Waals surface area contributed by atoms with Crippen LogP contribution in [0, 0.1) is 13.8 Å². The van der Waals surface area contributed by atoms with Crippen LogP contribution in [0.2, 0.25) is 0 Å². The van der Waals surface area contributed by atoms with E-state index in [2.05, 4.69) is 0 Å². The van der Waals surface area contributed by atoms with E-state index in [9.17, 15) is 8.42 Å².